The molecule has 0 aromatic carbocycles. The van der Waals surface area contributed by atoms with E-state index in [-0.39, 0.29) is 30.7 Å². The highest BCUT2D eigenvalue weighted by Crippen LogP contribution is 2.32. The first-order valence-electron chi connectivity index (χ1n) is 6.94. The van der Waals surface area contributed by atoms with Gasteiger partial charge in [0.15, 0.2) is 5.13 Å². The Hall–Kier alpha value is -0.560. The molecule has 1 aromatic heterocycles. The lowest BCUT2D eigenvalue weighted by molar-refractivity contribution is -0.123. The van der Waals surface area contributed by atoms with Gasteiger partial charge in [0, 0.05) is 31.4 Å². The van der Waals surface area contributed by atoms with Crippen LogP contribution >= 0.6 is 36.2 Å². The van der Waals surface area contributed by atoms with Gasteiger partial charge >= 0.3 is 0 Å². The number of hydrogen-bond donors (Lipinski definition) is 2. The summed E-state index contributed by atoms with van der Waals surface area (Å²) in [5.74, 6) is -0.0116. The van der Waals surface area contributed by atoms with Crippen molar-refractivity contribution in [1.29, 1.82) is 0 Å². The van der Waals surface area contributed by atoms with E-state index in [9.17, 15) is 4.79 Å². The summed E-state index contributed by atoms with van der Waals surface area (Å²) in [7, 11) is 0. The molecule has 2 fully saturated rings. The molecule has 2 heterocycles. The highest BCUT2D eigenvalue weighted by atomic mass is 35.5. The van der Waals surface area contributed by atoms with E-state index in [2.05, 4.69) is 20.6 Å². The normalized spacial score (nSPS) is 18.6. The number of carbonyl (C=O) groups excluding carboxylic acids is 1. The zero-order valence-electron chi connectivity index (χ0n) is 11.8. The lowest BCUT2D eigenvalue weighted by Gasteiger charge is -2.12. The van der Waals surface area contributed by atoms with Crippen LogP contribution in [-0.2, 0) is 11.2 Å². The number of thiazole rings is 1. The van der Waals surface area contributed by atoms with Crippen molar-refractivity contribution in [3.05, 3.63) is 11.1 Å². The third-order valence-electron chi connectivity index (χ3n) is 3.82. The van der Waals surface area contributed by atoms with E-state index in [0.29, 0.717) is 6.54 Å². The molecule has 1 aliphatic heterocycles. The maximum Gasteiger partial charge on any atom is 0.240 e. The van der Waals surface area contributed by atoms with Crippen LogP contribution in [0.4, 0.5) is 5.13 Å². The number of carbonyl (C=O) groups is 1. The summed E-state index contributed by atoms with van der Waals surface area (Å²) in [6, 6.07) is 0. The average molecular weight is 353 g/mol. The topological polar surface area (TPSA) is 71.2 Å². The van der Waals surface area contributed by atoms with Crippen molar-refractivity contribution in [3.8, 4) is 0 Å². The number of nitrogens with two attached hydrogens (primary N) is 1. The van der Waals surface area contributed by atoms with Crippen molar-refractivity contribution in [2.45, 2.75) is 37.6 Å². The third kappa shape index (κ3) is 4.45. The van der Waals surface area contributed by atoms with Crippen LogP contribution in [0, 0.1) is 0 Å². The molecule has 21 heavy (non-hydrogen) atoms. The largest absolute Gasteiger partial charge is 0.354 e. The molecule has 0 atom stereocenters. The number of nitrogens with zero attached hydrogens (tertiary/aromatic N) is 2. The third-order valence-corrected chi connectivity index (χ3v) is 4.77. The highest BCUT2D eigenvalue weighted by molar-refractivity contribution is 7.13. The maximum atomic E-state index is 11.7. The predicted octanol–water partition coefficient (Wildman–Crippen LogP) is 1.74. The molecule has 0 spiro atoms. The molecule has 0 bridgehead atoms. The Balaban J connectivity index is 0.00000110. The van der Waals surface area contributed by atoms with E-state index < -0.39 is 5.54 Å². The fraction of sp³-hybridized carbons (Fsp3) is 0.692. The van der Waals surface area contributed by atoms with E-state index >= 15 is 0 Å². The first kappa shape index (κ1) is 18.5. The Kier molecular flexibility index (Phi) is 6.71. The number of aromatic nitrogens is 1. The fourth-order valence-electron chi connectivity index (χ4n) is 2.31. The standard InChI is InChI=1S/C13H20N4OS.2ClH/c14-13(4-5-13)11(18)15-6-3-10-9-19-12(16-10)17-7-1-2-8-17;;/h9H,1-8,14H2,(H,15,18);2*1H. The van der Waals surface area contributed by atoms with Gasteiger partial charge in [-0.2, -0.15) is 0 Å². The Morgan fingerprint density at radius 1 is 1.38 bits per heavy atom. The number of amides is 1. The molecule has 2 aliphatic rings. The van der Waals surface area contributed by atoms with Gasteiger partial charge in [-0.1, -0.05) is 0 Å². The van der Waals surface area contributed by atoms with Crippen molar-refractivity contribution in [2.24, 2.45) is 5.73 Å². The zero-order chi connectivity index (χ0) is 13.3. The molecule has 1 amide bonds. The van der Waals surface area contributed by atoms with Gasteiger partial charge in [0.05, 0.1) is 11.2 Å². The summed E-state index contributed by atoms with van der Waals surface area (Å²) >= 11 is 1.70. The summed E-state index contributed by atoms with van der Waals surface area (Å²) in [5, 5.41) is 6.11. The molecule has 1 saturated carbocycles. The van der Waals surface area contributed by atoms with Crippen LogP contribution in [0.2, 0.25) is 0 Å². The van der Waals surface area contributed by atoms with Gasteiger partial charge in [0.1, 0.15) is 0 Å². The van der Waals surface area contributed by atoms with Crippen LogP contribution in [0.1, 0.15) is 31.4 Å². The number of anilines is 1. The van der Waals surface area contributed by atoms with E-state index in [4.69, 9.17) is 5.73 Å². The van der Waals surface area contributed by atoms with Crippen LogP contribution < -0.4 is 16.0 Å². The lowest BCUT2D eigenvalue weighted by atomic mass is 10.2. The van der Waals surface area contributed by atoms with Crippen molar-refractivity contribution < 1.29 is 4.79 Å². The number of halogens is 2. The Morgan fingerprint density at radius 2 is 2.05 bits per heavy atom. The number of nitrogens with one attached hydrogen (secondary N) is 1. The molecule has 5 nitrogen and oxygen atoms in total. The fourth-order valence-corrected chi connectivity index (χ4v) is 3.22. The molecular formula is C13H22Cl2N4OS. The van der Waals surface area contributed by atoms with Gasteiger partial charge < -0.3 is 16.0 Å². The first-order valence-corrected chi connectivity index (χ1v) is 7.82. The molecule has 0 unspecified atom stereocenters. The van der Waals surface area contributed by atoms with Gasteiger partial charge in [-0.3, -0.25) is 4.79 Å². The van der Waals surface area contributed by atoms with Gasteiger partial charge in [-0.15, -0.1) is 36.2 Å². The first-order chi connectivity index (χ1) is 9.17. The van der Waals surface area contributed by atoms with Gasteiger partial charge in [0.25, 0.3) is 0 Å². The SMILES string of the molecule is Cl.Cl.NC1(C(=O)NCCc2csc(N3CCCC3)n2)CC1. The minimum atomic E-state index is -0.567. The Labute approximate surface area is 141 Å². The monoisotopic (exact) mass is 352 g/mol. The Morgan fingerprint density at radius 3 is 2.67 bits per heavy atom. The quantitative estimate of drug-likeness (QED) is 0.846. The van der Waals surface area contributed by atoms with Crippen LogP contribution in [0.3, 0.4) is 0 Å². The molecule has 8 heteroatoms. The second-order valence-corrected chi connectivity index (χ2v) is 6.31. The average Bonchev–Trinajstić information content (AvgIpc) is 2.88. The van der Waals surface area contributed by atoms with E-state index in [1.54, 1.807) is 11.3 Å². The summed E-state index contributed by atoms with van der Waals surface area (Å²) < 4.78 is 0. The van der Waals surface area contributed by atoms with E-state index in [0.717, 1.165) is 43.2 Å². The molecule has 1 aliphatic carbocycles. The van der Waals surface area contributed by atoms with Crippen LogP contribution in [0.15, 0.2) is 5.38 Å². The highest BCUT2D eigenvalue weighted by Gasteiger charge is 2.45. The maximum absolute atomic E-state index is 11.7. The summed E-state index contributed by atoms with van der Waals surface area (Å²) in [5.41, 5.74) is 6.32. The minimum Gasteiger partial charge on any atom is -0.354 e. The zero-order valence-corrected chi connectivity index (χ0v) is 14.3. The Bertz CT molecular complexity index is 472. The summed E-state index contributed by atoms with van der Waals surface area (Å²) in [6.45, 7) is 2.87. The van der Waals surface area contributed by atoms with Crippen LogP contribution in [-0.4, -0.2) is 36.1 Å². The molecule has 1 saturated heterocycles. The number of rotatable bonds is 5. The second-order valence-electron chi connectivity index (χ2n) is 5.48. The molecule has 3 rings (SSSR count). The van der Waals surface area contributed by atoms with Crippen molar-refractivity contribution in [2.75, 3.05) is 24.5 Å². The van der Waals surface area contributed by atoms with Crippen molar-refractivity contribution in [1.82, 2.24) is 10.3 Å². The molecule has 120 valence electrons. The summed E-state index contributed by atoms with van der Waals surface area (Å²) in [4.78, 5) is 18.6. The molecule has 0 radical (unpaired) electrons. The van der Waals surface area contributed by atoms with Crippen LogP contribution in [0.5, 0.6) is 0 Å². The molecule has 1 aromatic rings. The van der Waals surface area contributed by atoms with E-state index in [1.807, 2.05) is 0 Å². The van der Waals surface area contributed by atoms with Crippen LogP contribution in [0.25, 0.3) is 0 Å². The van der Waals surface area contributed by atoms with Crippen molar-refractivity contribution >= 4 is 47.2 Å². The number of hydrogen-bond acceptors (Lipinski definition) is 5. The molecule has 3 N–H and O–H groups in total. The predicted molar refractivity (Wildman–Crippen MR) is 90.9 cm³/mol. The van der Waals surface area contributed by atoms with Gasteiger partial charge in [-0.25, -0.2) is 4.98 Å². The van der Waals surface area contributed by atoms with Crippen molar-refractivity contribution in [3.63, 3.8) is 0 Å². The lowest BCUT2D eigenvalue weighted by Crippen LogP contribution is -2.43. The minimum absolute atomic E-state index is 0. The van der Waals surface area contributed by atoms with Gasteiger partial charge in [0.2, 0.25) is 5.91 Å². The summed E-state index contributed by atoms with van der Waals surface area (Å²) in [6.07, 6.45) is 4.95. The van der Waals surface area contributed by atoms with Gasteiger partial charge in [-0.05, 0) is 25.7 Å². The smallest absolute Gasteiger partial charge is 0.240 e. The second kappa shape index (κ2) is 7.63. The van der Waals surface area contributed by atoms with E-state index in [1.165, 1.54) is 12.8 Å². The molecular weight excluding hydrogens is 331 g/mol.